The quantitative estimate of drug-likeness (QED) is 0.183. The summed E-state index contributed by atoms with van der Waals surface area (Å²) in [7, 11) is -1.29. The largest absolute Gasteiger partial charge is 0.495 e. The molecule has 1 fully saturated rings. The monoisotopic (exact) mass is 628 g/mol. The van der Waals surface area contributed by atoms with E-state index >= 15 is 8.78 Å². The van der Waals surface area contributed by atoms with Crippen LogP contribution >= 0.6 is 0 Å². The van der Waals surface area contributed by atoms with E-state index in [9.17, 15) is 8.42 Å². The van der Waals surface area contributed by atoms with Crippen LogP contribution in [0.25, 0.3) is 22.2 Å². The Bertz CT molecular complexity index is 1750. The minimum absolute atomic E-state index is 0.0674. The van der Waals surface area contributed by atoms with Crippen molar-refractivity contribution in [3.63, 3.8) is 0 Å². The fourth-order valence-electron chi connectivity index (χ4n) is 5.90. The average Bonchev–Trinajstić information content (AvgIpc) is 3.41. The first kappa shape index (κ1) is 31.6. The van der Waals surface area contributed by atoms with Gasteiger partial charge in [-0.15, -0.1) is 0 Å². The van der Waals surface area contributed by atoms with E-state index in [1.165, 1.54) is 25.3 Å². The van der Waals surface area contributed by atoms with E-state index in [0.29, 0.717) is 18.0 Å². The number of hydrogen-bond acceptors (Lipinski definition) is 8. The van der Waals surface area contributed by atoms with Crippen LogP contribution in [0, 0.1) is 11.6 Å². The fourth-order valence-corrected chi connectivity index (χ4v) is 7.13. The highest BCUT2D eigenvalue weighted by atomic mass is 32.2. The van der Waals surface area contributed by atoms with Gasteiger partial charge in [-0.1, -0.05) is 12.1 Å². The number of anilines is 2. The van der Waals surface area contributed by atoms with Gasteiger partial charge in [0, 0.05) is 43.6 Å². The SMILES string of the molecule is COCCNC1CCC(c2cnc(N)c3c(-c4cc(F)c(NS(=O)(=O)c5ccccc5OC)cc4F)nn(C(C)C)c23)CC1. The van der Waals surface area contributed by atoms with Gasteiger partial charge in [0.05, 0.1) is 30.3 Å². The van der Waals surface area contributed by atoms with E-state index in [1.807, 2.05) is 13.8 Å². The molecule has 2 aromatic carbocycles. The normalized spacial score (nSPS) is 17.3. The molecule has 2 heterocycles. The Labute approximate surface area is 256 Å². The van der Waals surface area contributed by atoms with Crippen molar-refractivity contribution in [3.8, 4) is 17.0 Å². The predicted octanol–water partition coefficient (Wildman–Crippen LogP) is 5.61. The zero-order valence-corrected chi connectivity index (χ0v) is 26.0. The first-order valence-corrected chi connectivity index (χ1v) is 16.1. The third-order valence-corrected chi connectivity index (χ3v) is 9.50. The molecule has 5 rings (SSSR count). The van der Waals surface area contributed by atoms with Gasteiger partial charge in [-0.3, -0.25) is 9.40 Å². The van der Waals surface area contributed by atoms with Gasteiger partial charge in [0.25, 0.3) is 10.0 Å². The molecule has 0 bridgehead atoms. The van der Waals surface area contributed by atoms with Crippen LogP contribution in [0.3, 0.4) is 0 Å². The molecule has 10 nitrogen and oxygen atoms in total. The molecular formula is C31H38F2N6O4S. The van der Waals surface area contributed by atoms with Gasteiger partial charge in [0.2, 0.25) is 0 Å². The lowest BCUT2D eigenvalue weighted by molar-refractivity contribution is 0.191. The maximum absolute atomic E-state index is 15.8. The van der Waals surface area contributed by atoms with Gasteiger partial charge >= 0.3 is 0 Å². The molecule has 0 atom stereocenters. The zero-order chi connectivity index (χ0) is 31.6. The highest BCUT2D eigenvalue weighted by Crippen LogP contribution is 2.42. The molecule has 4 aromatic rings. The van der Waals surface area contributed by atoms with Crippen LogP contribution in [0.2, 0.25) is 0 Å². The molecule has 1 aliphatic carbocycles. The second kappa shape index (κ2) is 13.0. The highest BCUT2D eigenvalue weighted by molar-refractivity contribution is 7.92. The lowest BCUT2D eigenvalue weighted by Crippen LogP contribution is -2.34. The Morgan fingerprint density at radius 1 is 1.09 bits per heavy atom. The number of nitrogens with one attached hydrogen (secondary N) is 2. The summed E-state index contributed by atoms with van der Waals surface area (Å²) in [5, 5.41) is 8.70. The van der Waals surface area contributed by atoms with Crippen molar-refractivity contribution >= 4 is 32.4 Å². The number of halogens is 2. The van der Waals surface area contributed by atoms with E-state index in [2.05, 4.69) is 15.0 Å². The Balaban J connectivity index is 1.52. The van der Waals surface area contributed by atoms with Crippen molar-refractivity contribution in [2.75, 3.05) is 37.8 Å². The number of pyridine rings is 1. The van der Waals surface area contributed by atoms with Crippen molar-refractivity contribution in [2.45, 2.75) is 62.4 Å². The van der Waals surface area contributed by atoms with Gasteiger partial charge in [-0.25, -0.2) is 22.2 Å². The highest BCUT2D eigenvalue weighted by Gasteiger charge is 2.29. The van der Waals surface area contributed by atoms with Crippen LogP contribution in [0.15, 0.2) is 47.5 Å². The number of benzene rings is 2. The fraction of sp³-hybridized carbons (Fsp3) is 0.419. The molecule has 0 unspecified atom stereocenters. The first-order valence-electron chi connectivity index (χ1n) is 14.6. The van der Waals surface area contributed by atoms with E-state index < -0.39 is 27.3 Å². The number of methoxy groups -OCH3 is 2. The van der Waals surface area contributed by atoms with E-state index in [1.54, 1.807) is 24.1 Å². The third kappa shape index (κ3) is 6.21. The Morgan fingerprint density at radius 3 is 2.50 bits per heavy atom. The van der Waals surface area contributed by atoms with Crippen molar-refractivity contribution in [1.82, 2.24) is 20.1 Å². The second-order valence-corrected chi connectivity index (χ2v) is 12.9. The number of fused-ring (bicyclic) bond motifs is 1. The molecule has 0 aliphatic heterocycles. The van der Waals surface area contributed by atoms with Crippen molar-refractivity contribution < 1.29 is 26.7 Å². The number of sulfonamides is 1. The van der Waals surface area contributed by atoms with Crippen molar-refractivity contribution in [2.24, 2.45) is 0 Å². The lowest BCUT2D eigenvalue weighted by Gasteiger charge is -2.30. The molecule has 1 aliphatic rings. The maximum Gasteiger partial charge on any atom is 0.265 e. The lowest BCUT2D eigenvalue weighted by atomic mass is 9.81. The Morgan fingerprint density at radius 2 is 1.82 bits per heavy atom. The molecule has 13 heteroatoms. The zero-order valence-electron chi connectivity index (χ0n) is 25.2. The number of ether oxygens (including phenoxy) is 2. The van der Waals surface area contributed by atoms with Crippen molar-refractivity contribution in [1.29, 1.82) is 0 Å². The summed E-state index contributed by atoms with van der Waals surface area (Å²) in [5.74, 6) is -1.43. The van der Waals surface area contributed by atoms with Gasteiger partial charge in [0.15, 0.2) is 0 Å². The summed E-state index contributed by atoms with van der Waals surface area (Å²) in [6.45, 7) is 5.37. The van der Waals surface area contributed by atoms with Gasteiger partial charge in [-0.2, -0.15) is 5.10 Å². The summed E-state index contributed by atoms with van der Waals surface area (Å²) in [6.07, 6.45) is 5.59. The number of nitrogens with two attached hydrogens (primary N) is 1. The number of aromatic nitrogens is 3. The van der Waals surface area contributed by atoms with E-state index in [-0.39, 0.29) is 39.7 Å². The van der Waals surface area contributed by atoms with Gasteiger partial charge in [0.1, 0.15) is 33.8 Å². The average molecular weight is 629 g/mol. The van der Waals surface area contributed by atoms with Crippen LogP contribution in [0.1, 0.15) is 57.1 Å². The number of rotatable bonds is 11. The molecule has 236 valence electrons. The topological polar surface area (TPSA) is 133 Å². The second-order valence-electron chi connectivity index (χ2n) is 11.3. The summed E-state index contributed by atoms with van der Waals surface area (Å²) < 4.78 is 71.6. The molecule has 44 heavy (non-hydrogen) atoms. The molecule has 0 spiro atoms. The summed E-state index contributed by atoms with van der Waals surface area (Å²) >= 11 is 0. The van der Waals surface area contributed by atoms with Crippen LogP contribution in [0.5, 0.6) is 5.75 Å². The summed E-state index contributed by atoms with van der Waals surface area (Å²) in [5.41, 5.74) is 7.55. The van der Waals surface area contributed by atoms with Gasteiger partial charge in [-0.05, 0) is 69.2 Å². The Hall–Kier alpha value is -3.81. The molecule has 0 amide bonds. The molecule has 2 aromatic heterocycles. The number of para-hydroxylation sites is 1. The minimum Gasteiger partial charge on any atom is -0.495 e. The Kier molecular flexibility index (Phi) is 9.37. The predicted molar refractivity (Wildman–Crippen MR) is 166 cm³/mol. The number of hydrogen-bond donors (Lipinski definition) is 3. The van der Waals surface area contributed by atoms with Crippen LogP contribution < -0.4 is 20.5 Å². The minimum atomic E-state index is -4.29. The maximum atomic E-state index is 15.8. The van der Waals surface area contributed by atoms with E-state index in [0.717, 1.165) is 55.4 Å². The standard InChI is InChI=1S/C31H38F2N6O4S/c1-18(2)39-30-22(19-9-11-20(12-10-19)35-13-14-42-3)17-36-31(34)28(30)29(37-39)21-15-24(33)25(16-23(21)32)38-44(40,41)27-8-6-5-7-26(27)43-4/h5-8,15-20,35,38H,9-14H2,1-4H3,(H2,34,36). The molecular weight excluding hydrogens is 590 g/mol. The smallest absolute Gasteiger partial charge is 0.265 e. The number of nitrogens with zero attached hydrogens (tertiary/aromatic N) is 3. The summed E-state index contributed by atoms with van der Waals surface area (Å²) in [6, 6.07) is 7.92. The molecule has 4 N–H and O–H groups in total. The van der Waals surface area contributed by atoms with Crippen LogP contribution in [-0.2, 0) is 14.8 Å². The van der Waals surface area contributed by atoms with Crippen molar-refractivity contribution in [3.05, 3.63) is 59.8 Å². The van der Waals surface area contributed by atoms with Crippen LogP contribution in [-0.4, -0.2) is 56.6 Å². The number of nitrogen functional groups attached to an aromatic ring is 1. The summed E-state index contributed by atoms with van der Waals surface area (Å²) in [4.78, 5) is 4.25. The molecule has 1 saturated carbocycles. The van der Waals surface area contributed by atoms with Gasteiger partial charge < -0.3 is 20.5 Å². The first-order chi connectivity index (χ1) is 21.1. The molecule has 0 radical (unpaired) electrons. The third-order valence-electron chi connectivity index (χ3n) is 8.09. The van der Waals surface area contributed by atoms with Crippen LogP contribution in [0.4, 0.5) is 20.3 Å². The molecule has 0 saturated heterocycles. The van der Waals surface area contributed by atoms with E-state index in [4.69, 9.17) is 20.3 Å².